The number of carbonyl (C=O) groups is 1. The highest BCUT2D eigenvalue weighted by molar-refractivity contribution is 5.88. The van der Waals surface area contributed by atoms with Gasteiger partial charge in [0.05, 0.1) is 32.0 Å². The van der Waals surface area contributed by atoms with Crippen molar-refractivity contribution < 1.29 is 28.8 Å². The van der Waals surface area contributed by atoms with Crippen molar-refractivity contribution in [1.29, 1.82) is 0 Å². The fourth-order valence-corrected chi connectivity index (χ4v) is 1.80. The molecule has 0 aliphatic carbocycles. The Morgan fingerprint density at radius 1 is 0.852 bits per heavy atom. The molecule has 0 bridgehead atoms. The lowest BCUT2D eigenvalue weighted by atomic mass is 10.2. The Labute approximate surface area is 154 Å². The molecule has 0 amide bonds. The fraction of sp³-hybridized carbons (Fsp3) is 0.533. The van der Waals surface area contributed by atoms with Gasteiger partial charge in [-0.05, 0) is 23.2 Å². The van der Waals surface area contributed by atoms with Crippen molar-refractivity contribution in [3.8, 4) is 11.5 Å². The van der Waals surface area contributed by atoms with Crippen molar-refractivity contribution in [1.82, 2.24) is 0 Å². The molecule has 1 rings (SSSR count). The van der Waals surface area contributed by atoms with Crippen molar-refractivity contribution in [2.45, 2.75) is 0 Å². The van der Waals surface area contributed by atoms with Crippen LogP contribution in [0.4, 0.5) is 0 Å². The lowest BCUT2D eigenvalue weighted by Gasteiger charge is -2.11. The van der Waals surface area contributed by atoms with Crippen LogP contribution in [-0.2, 0) is 9.47 Å². The van der Waals surface area contributed by atoms with Gasteiger partial charge < -0.3 is 24.1 Å². The first-order chi connectivity index (χ1) is 13.2. The topological polar surface area (TPSA) is 172 Å². The number of benzene rings is 1. The molecule has 0 fully saturated rings. The first-order valence-corrected chi connectivity index (χ1v) is 7.98. The molecule has 0 saturated carbocycles. The number of hydrogen-bond acceptors (Lipinski definition) is 7. The second-order valence-electron chi connectivity index (χ2n) is 4.83. The van der Waals surface area contributed by atoms with E-state index >= 15 is 0 Å². The van der Waals surface area contributed by atoms with Gasteiger partial charge in [0.15, 0.2) is 0 Å². The van der Waals surface area contributed by atoms with Gasteiger partial charge in [-0.25, -0.2) is 4.79 Å². The molecule has 146 valence electrons. The number of azide groups is 2. The first kappa shape index (κ1) is 21.9. The van der Waals surface area contributed by atoms with Gasteiger partial charge in [-0.2, -0.15) is 0 Å². The Balaban J connectivity index is 2.44. The number of nitrogens with zero attached hydrogens (tertiary/aromatic N) is 6. The molecule has 12 heteroatoms. The number of carboxylic acid groups (broad SMARTS) is 1. The van der Waals surface area contributed by atoms with Gasteiger partial charge in [-0.3, -0.25) is 0 Å². The number of carboxylic acids is 1. The maximum absolute atomic E-state index is 11.2. The second kappa shape index (κ2) is 14.0. The minimum Gasteiger partial charge on any atom is -0.491 e. The molecule has 0 unspecified atom stereocenters. The molecular weight excluding hydrogens is 360 g/mol. The third-order valence-electron chi connectivity index (χ3n) is 2.92. The van der Waals surface area contributed by atoms with Crippen molar-refractivity contribution in [3.05, 3.63) is 44.6 Å². The second-order valence-corrected chi connectivity index (χ2v) is 4.83. The van der Waals surface area contributed by atoms with Crippen molar-refractivity contribution in [2.24, 2.45) is 10.2 Å². The molecule has 0 aromatic heterocycles. The van der Waals surface area contributed by atoms with Crippen LogP contribution in [0, 0.1) is 0 Å². The summed E-state index contributed by atoms with van der Waals surface area (Å²) >= 11 is 0. The van der Waals surface area contributed by atoms with Crippen LogP contribution in [0.2, 0.25) is 0 Å². The van der Waals surface area contributed by atoms with E-state index in [0.29, 0.717) is 11.5 Å². The van der Waals surface area contributed by atoms with Crippen LogP contribution >= 0.6 is 0 Å². The van der Waals surface area contributed by atoms with Gasteiger partial charge in [-0.1, -0.05) is 10.2 Å². The van der Waals surface area contributed by atoms with E-state index in [1.807, 2.05) is 0 Å². The molecule has 1 aromatic rings. The standard InChI is InChI=1S/C15H20N6O6/c16-20-18-1-3-24-5-7-26-13-9-12(15(22)23)10-14(11-13)27-8-6-25-4-2-19-21-17/h9-11H,1-8H2,(H,22,23). The molecule has 0 atom stereocenters. The smallest absolute Gasteiger partial charge is 0.335 e. The maximum Gasteiger partial charge on any atom is 0.335 e. The van der Waals surface area contributed by atoms with Gasteiger partial charge in [-0.15, -0.1) is 0 Å². The monoisotopic (exact) mass is 380 g/mol. The van der Waals surface area contributed by atoms with Gasteiger partial charge in [0.25, 0.3) is 0 Å². The fourth-order valence-electron chi connectivity index (χ4n) is 1.80. The Bertz CT molecular complexity index is 639. The van der Waals surface area contributed by atoms with E-state index in [4.69, 9.17) is 30.0 Å². The summed E-state index contributed by atoms with van der Waals surface area (Å²) < 4.78 is 21.3. The van der Waals surface area contributed by atoms with Crippen LogP contribution in [0.3, 0.4) is 0 Å². The first-order valence-electron chi connectivity index (χ1n) is 7.98. The Morgan fingerprint density at radius 3 is 1.74 bits per heavy atom. The van der Waals surface area contributed by atoms with Crippen molar-refractivity contribution in [3.63, 3.8) is 0 Å². The third kappa shape index (κ3) is 10.4. The highest BCUT2D eigenvalue weighted by atomic mass is 16.5. The van der Waals surface area contributed by atoms with Crippen molar-refractivity contribution in [2.75, 3.05) is 52.7 Å². The third-order valence-corrected chi connectivity index (χ3v) is 2.92. The predicted octanol–water partition coefficient (Wildman–Crippen LogP) is 2.80. The molecule has 0 spiro atoms. The van der Waals surface area contributed by atoms with Crippen LogP contribution in [0.1, 0.15) is 10.4 Å². The molecule has 1 aromatic carbocycles. The van der Waals surface area contributed by atoms with Gasteiger partial charge in [0.2, 0.25) is 0 Å². The minimum absolute atomic E-state index is 0.0241. The zero-order chi connectivity index (χ0) is 19.7. The Hall–Kier alpha value is -3.17. The highest BCUT2D eigenvalue weighted by Gasteiger charge is 2.09. The lowest BCUT2D eigenvalue weighted by molar-refractivity contribution is 0.0695. The summed E-state index contributed by atoms with van der Waals surface area (Å²) in [5, 5.41) is 15.8. The van der Waals surface area contributed by atoms with E-state index in [1.165, 1.54) is 12.1 Å². The summed E-state index contributed by atoms with van der Waals surface area (Å²) in [5.74, 6) is -0.456. The number of rotatable bonds is 15. The Kier molecular flexibility index (Phi) is 11.4. The molecule has 0 heterocycles. The molecule has 0 aliphatic rings. The molecule has 27 heavy (non-hydrogen) atoms. The number of ether oxygens (including phenoxy) is 4. The molecule has 0 aliphatic heterocycles. The molecule has 1 N–H and O–H groups in total. The number of hydrogen-bond donors (Lipinski definition) is 1. The van der Waals surface area contributed by atoms with E-state index in [2.05, 4.69) is 20.1 Å². The van der Waals surface area contributed by atoms with E-state index in [0.717, 1.165) is 0 Å². The van der Waals surface area contributed by atoms with E-state index in [9.17, 15) is 9.90 Å². The molecule has 0 radical (unpaired) electrons. The van der Waals surface area contributed by atoms with E-state index in [-0.39, 0.29) is 58.3 Å². The van der Waals surface area contributed by atoms with E-state index in [1.54, 1.807) is 6.07 Å². The SMILES string of the molecule is [N-]=[N+]=NCCOCCOc1cc(OCCOCCN=[N+]=[N-])cc(C(=O)O)c1. The summed E-state index contributed by atoms with van der Waals surface area (Å²) in [5.41, 5.74) is 16.3. The van der Waals surface area contributed by atoms with Crippen LogP contribution in [0.15, 0.2) is 28.4 Å². The Morgan fingerprint density at radius 2 is 1.33 bits per heavy atom. The van der Waals surface area contributed by atoms with Crippen molar-refractivity contribution >= 4 is 5.97 Å². The van der Waals surface area contributed by atoms with Gasteiger partial charge >= 0.3 is 5.97 Å². The zero-order valence-corrected chi connectivity index (χ0v) is 14.6. The summed E-state index contributed by atoms with van der Waals surface area (Å²) in [6, 6.07) is 4.32. The quantitative estimate of drug-likeness (QED) is 0.212. The van der Waals surface area contributed by atoms with Crippen LogP contribution < -0.4 is 9.47 Å². The molecule has 12 nitrogen and oxygen atoms in total. The summed E-state index contributed by atoms with van der Waals surface area (Å²) in [4.78, 5) is 16.4. The summed E-state index contributed by atoms with van der Waals surface area (Å²) in [6.45, 7) is 1.92. The largest absolute Gasteiger partial charge is 0.491 e. The van der Waals surface area contributed by atoms with E-state index < -0.39 is 5.97 Å². The molecule has 0 saturated heterocycles. The number of aromatic carboxylic acids is 1. The average molecular weight is 380 g/mol. The van der Waals surface area contributed by atoms with Gasteiger partial charge in [0.1, 0.15) is 24.7 Å². The van der Waals surface area contributed by atoms with Gasteiger partial charge in [0, 0.05) is 29.0 Å². The normalized spacial score (nSPS) is 9.78. The van der Waals surface area contributed by atoms with Crippen LogP contribution in [0.5, 0.6) is 11.5 Å². The summed E-state index contributed by atoms with van der Waals surface area (Å²) in [7, 11) is 0. The predicted molar refractivity (Wildman–Crippen MR) is 94.1 cm³/mol. The highest BCUT2D eigenvalue weighted by Crippen LogP contribution is 2.23. The molecular formula is C15H20N6O6. The minimum atomic E-state index is -1.11. The zero-order valence-electron chi connectivity index (χ0n) is 14.6. The lowest BCUT2D eigenvalue weighted by Crippen LogP contribution is -2.11. The summed E-state index contributed by atoms with van der Waals surface area (Å²) in [6.07, 6.45) is 0. The van der Waals surface area contributed by atoms with Crippen LogP contribution in [-0.4, -0.2) is 63.8 Å². The average Bonchev–Trinajstić information content (AvgIpc) is 2.66. The van der Waals surface area contributed by atoms with Crippen LogP contribution in [0.25, 0.3) is 20.9 Å². The maximum atomic E-state index is 11.2.